The number of benzene rings is 1. The average Bonchev–Trinajstić information content (AvgIpc) is 2.31. The maximum atomic E-state index is 11.9. The molecule has 0 atom stereocenters. The molecule has 0 radical (unpaired) electrons. The lowest BCUT2D eigenvalue weighted by Gasteiger charge is -2.23. The van der Waals surface area contributed by atoms with Crippen LogP contribution < -0.4 is 10.0 Å². The Bertz CT molecular complexity index is 634. The Balaban J connectivity index is 3.28. The lowest BCUT2D eigenvalue weighted by Crippen LogP contribution is -2.33. The van der Waals surface area contributed by atoms with Crippen molar-refractivity contribution in [3.63, 3.8) is 0 Å². The van der Waals surface area contributed by atoms with Gasteiger partial charge in [-0.05, 0) is 25.1 Å². The molecule has 0 saturated carbocycles. The highest BCUT2D eigenvalue weighted by Crippen LogP contribution is 2.26. The Morgan fingerprint density at radius 1 is 1.53 bits per heavy atom. The summed E-state index contributed by atoms with van der Waals surface area (Å²) in [4.78, 5) is 10.8. The van der Waals surface area contributed by atoms with Crippen LogP contribution in [0.4, 0.5) is 11.4 Å². The van der Waals surface area contributed by atoms with E-state index in [2.05, 4.69) is 0 Å². The van der Waals surface area contributed by atoms with Gasteiger partial charge in [-0.1, -0.05) is 0 Å². The normalized spacial score (nSPS) is 10.7. The van der Waals surface area contributed by atoms with Crippen LogP contribution in [0.5, 0.6) is 0 Å². The van der Waals surface area contributed by atoms with Gasteiger partial charge < -0.3 is 10.8 Å². The number of carboxylic acids is 1. The minimum Gasteiger partial charge on any atom is -0.478 e. The monoisotopic (exact) mass is 283 g/mol. The molecule has 19 heavy (non-hydrogen) atoms. The van der Waals surface area contributed by atoms with Gasteiger partial charge in [-0.3, -0.25) is 4.31 Å². The quantitative estimate of drug-likeness (QED) is 0.764. The lowest BCUT2D eigenvalue weighted by atomic mass is 10.2. The number of nitrogens with zero attached hydrogens (tertiary/aromatic N) is 2. The number of anilines is 2. The summed E-state index contributed by atoms with van der Waals surface area (Å²) in [5, 5.41) is 17.3. The maximum absolute atomic E-state index is 11.9. The molecule has 8 heteroatoms. The zero-order valence-corrected chi connectivity index (χ0v) is 11.0. The number of rotatable bonds is 5. The predicted octanol–water partition coefficient (Wildman–Crippen LogP) is 0.647. The number of nitrogens with two attached hydrogens (primary N) is 1. The Labute approximate surface area is 110 Å². The summed E-state index contributed by atoms with van der Waals surface area (Å²) in [5.74, 6) is -1.82. The summed E-state index contributed by atoms with van der Waals surface area (Å²) in [7, 11) is -3.79. The molecule has 0 saturated heterocycles. The van der Waals surface area contributed by atoms with Gasteiger partial charge in [-0.2, -0.15) is 5.26 Å². The van der Waals surface area contributed by atoms with Gasteiger partial charge in [-0.25, -0.2) is 13.2 Å². The second-order valence-corrected chi connectivity index (χ2v) is 5.55. The first kappa shape index (κ1) is 14.8. The Hall–Kier alpha value is -2.27. The largest absolute Gasteiger partial charge is 0.478 e. The molecule has 3 N–H and O–H groups in total. The van der Waals surface area contributed by atoms with Crippen molar-refractivity contribution in [2.45, 2.75) is 6.92 Å². The van der Waals surface area contributed by atoms with Crippen molar-refractivity contribution in [3.8, 4) is 6.07 Å². The van der Waals surface area contributed by atoms with Gasteiger partial charge in [0.05, 0.1) is 23.0 Å². The van der Waals surface area contributed by atoms with E-state index in [4.69, 9.17) is 16.1 Å². The van der Waals surface area contributed by atoms with Crippen molar-refractivity contribution in [2.24, 2.45) is 0 Å². The van der Waals surface area contributed by atoms with Crippen LogP contribution in [0.25, 0.3) is 0 Å². The van der Waals surface area contributed by atoms with E-state index < -0.39 is 21.7 Å². The van der Waals surface area contributed by atoms with Crippen LogP contribution in [0, 0.1) is 11.3 Å². The second kappa shape index (κ2) is 5.58. The SMILES string of the molecule is CCN(c1ccc(C(=O)O)cc1N)S(=O)(=O)CC#N. The second-order valence-electron chi connectivity index (χ2n) is 3.66. The van der Waals surface area contributed by atoms with Crippen LogP contribution in [0.15, 0.2) is 18.2 Å². The van der Waals surface area contributed by atoms with Crippen molar-refractivity contribution in [1.82, 2.24) is 0 Å². The molecule has 0 aliphatic rings. The Morgan fingerprint density at radius 3 is 2.58 bits per heavy atom. The van der Waals surface area contributed by atoms with E-state index in [0.717, 1.165) is 4.31 Å². The highest BCUT2D eigenvalue weighted by atomic mass is 32.2. The topological polar surface area (TPSA) is 124 Å². The number of sulfonamides is 1. The smallest absolute Gasteiger partial charge is 0.335 e. The van der Waals surface area contributed by atoms with E-state index >= 15 is 0 Å². The first-order valence-corrected chi connectivity index (χ1v) is 6.94. The summed E-state index contributed by atoms with van der Waals surface area (Å²) in [6, 6.07) is 5.34. The van der Waals surface area contributed by atoms with Crippen LogP contribution in [0.2, 0.25) is 0 Å². The molecule has 0 aromatic heterocycles. The van der Waals surface area contributed by atoms with Gasteiger partial charge in [0, 0.05) is 6.54 Å². The zero-order chi connectivity index (χ0) is 14.6. The molecule has 0 fully saturated rings. The summed E-state index contributed by atoms with van der Waals surface area (Å²) in [6.07, 6.45) is 0. The lowest BCUT2D eigenvalue weighted by molar-refractivity contribution is 0.0697. The standard InChI is InChI=1S/C11H13N3O4S/c1-2-14(19(17,18)6-5-12)10-4-3-8(11(15)16)7-9(10)13/h3-4,7H,2,6,13H2,1H3,(H,15,16). The minimum atomic E-state index is -3.79. The number of hydrogen-bond donors (Lipinski definition) is 2. The van der Waals surface area contributed by atoms with Crippen LogP contribution >= 0.6 is 0 Å². The van der Waals surface area contributed by atoms with E-state index in [-0.39, 0.29) is 23.5 Å². The Kier molecular flexibility index (Phi) is 4.34. The van der Waals surface area contributed by atoms with E-state index in [1.165, 1.54) is 18.2 Å². The first-order chi connectivity index (χ1) is 8.83. The van der Waals surface area contributed by atoms with E-state index in [1.807, 2.05) is 0 Å². The molecule has 0 bridgehead atoms. The molecule has 1 rings (SSSR count). The first-order valence-electron chi connectivity index (χ1n) is 5.33. The third kappa shape index (κ3) is 3.14. The molecule has 7 nitrogen and oxygen atoms in total. The summed E-state index contributed by atoms with van der Waals surface area (Å²) in [6.45, 7) is 1.69. The van der Waals surface area contributed by atoms with Crippen molar-refractivity contribution < 1.29 is 18.3 Å². The number of carboxylic acid groups (broad SMARTS) is 1. The number of hydrogen-bond acceptors (Lipinski definition) is 5. The van der Waals surface area contributed by atoms with Crippen molar-refractivity contribution >= 4 is 27.4 Å². The molecule has 1 aromatic carbocycles. The van der Waals surface area contributed by atoms with Crippen molar-refractivity contribution in [1.29, 1.82) is 5.26 Å². The number of nitriles is 1. The van der Waals surface area contributed by atoms with Crippen LogP contribution in [-0.4, -0.2) is 31.8 Å². The van der Waals surface area contributed by atoms with E-state index in [9.17, 15) is 13.2 Å². The van der Waals surface area contributed by atoms with Crippen molar-refractivity contribution in [2.75, 3.05) is 22.3 Å². The van der Waals surface area contributed by atoms with Gasteiger partial charge in [0.15, 0.2) is 5.75 Å². The highest BCUT2D eigenvalue weighted by molar-refractivity contribution is 7.93. The molecule has 102 valence electrons. The van der Waals surface area contributed by atoms with Gasteiger partial charge >= 0.3 is 5.97 Å². The third-order valence-corrected chi connectivity index (χ3v) is 4.03. The van der Waals surface area contributed by atoms with Gasteiger partial charge in [0.25, 0.3) is 0 Å². The summed E-state index contributed by atoms with van der Waals surface area (Å²) < 4.78 is 24.7. The fourth-order valence-electron chi connectivity index (χ4n) is 1.59. The Morgan fingerprint density at radius 2 is 2.16 bits per heavy atom. The van der Waals surface area contributed by atoms with Gasteiger partial charge in [-0.15, -0.1) is 0 Å². The van der Waals surface area contributed by atoms with E-state index in [0.29, 0.717) is 0 Å². The third-order valence-electron chi connectivity index (χ3n) is 2.41. The highest BCUT2D eigenvalue weighted by Gasteiger charge is 2.23. The summed E-state index contributed by atoms with van der Waals surface area (Å²) in [5.41, 5.74) is 5.84. The number of aromatic carboxylic acids is 1. The van der Waals surface area contributed by atoms with Crippen LogP contribution in [-0.2, 0) is 10.0 Å². The maximum Gasteiger partial charge on any atom is 0.335 e. The molecule has 0 unspecified atom stereocenters. The molecular weight excluding hydrogens is 270 g/mol. The molecule has 0 amide bonds. The fraction of sp³-hybridized carbons (Fsp3) is 0.273. The van der Waals surface area contributed by atoms with Crippen LogP contribution in [0.1, 0.15) is 17.3 Å². The zero-order valence-electron chi connectivity index (χ0n) is 10.2. The molecule has 1 aromatic rings. The molecule has 0 aliphatic carbocycles. The average molecular weight is 283 g/mol. The molecular formula is C11H13N3O4S. The minimum absolute atomic E-state index is 0.0308. The van der Waals surface area contributed by atoms with Crippen LogP contribution in [0.3, 0.4) is 0 Å². The fourth-order valence-corrected chi connectivity index (χ4v) is 2.77. The van der Waals surface area contributed by atoms with Gasteiger partial charge in [0.1, 0.15) is 0 Å². The summed E-state index contributed by atoms with van der Waals surface area (Å²) >= 11 is 0. The number of carbonyl (C=O) groups is 1. The molecule has 0 aliphatic heterocycles. The van der Waals surface area contributed by atoms with Crippen molar-refractivity contribution in [3.05, 3.63) is 23.8 Å². The van der Waals surface area contributed by atoms with E-state index in [1.54, 1.807) is 13.0 Å². The number of nitrogen functional groups attached to an aromatic ring is 1. The molecule has 0 heterocycles. The van der Waals surface area contributed by atoms with Gasteiger partial charge in [0.2, 0.25) is 10.0 Å². The predicted molar refractivity (Wildman–Crippen MR) is 70.2 cm³/mol. The molecule has 0 spiro atoms.